The molecule has 160 valence electrons. The topological polar surface area (TPSA) is 93.8 Å². The van der Waals surface area contributed by atoms with E-state index in [1.165, 1.54) is 0 Å². The molecule has 2 aromatic rings. The Morgan fingerprint density at radius 2 is 1.70 bits per heavy atom. The standard InChI is InChI=1S/C24H31N3O3/c1-17(2)9-14-22(28)21(15-18-7-5-4-6-8-18)26-24(25)27-23(29)16-19-10-12-20(30-3)13-11-19/h4-8,10-13,17,21H,9,14-16H2,1-3H3,(H3,25,26,27,29)/t21-/m1/s1. The maximum Gasteiger partial charge on any atom is 0.231 e. The molecule has 0 fully saturated rings. The first-order chi connectivity index (χ1) is 14.4. The molecule has 1 atom stereocenters. The molecule has 6 heteroatoms. The lowest BCUT2D eigenvalue weighted by molar-refractivity contribution is -0.121. The average molecular weight is 410 g/mol. The summed E-state index contributed by atoms with van der Waals surface area (Å²) in [5.41, 5.74) is 7.80. The normalized spacial score (nSPS) is 12.5. The van der Waals surface area contributed by atoms with Crippen LogP contribution in [0.4, 0.5) is 0 Å². The van der Waals surface area contributed by atoms with Gasteiger partial charge in [-0.25, -0.2) is 4.99 Å². The van der Waals surface area contributed by atoms with Gasteiger partial charge in [-0.1, -0.05) is 56.3 Å². The van der Waals surface area contributed by atoms with Crippen LogP contribution in [0.3, 0.4) is 0 Å². The highest BCUT2D eigenvalue weighted by Gasteiger charge is 2.19. The maximum atomic E-state index is 12.7. The average Bonchev–Trinajstić information content (AvgIpc) is 2.72. The van der Waals surface area contributed by atoms with Crippen molar-refractivity contribution in [3.8, 4) is 5.75 Å². The molecule has 0 aromatic heterocycles. The lowest BCUT2D eigenvalue weighted by atomic mass is 9.97. The van der Waals surface area contributed by atoms with Gasteiger partial charge in [-0.3, -0.25) is 14.9 Å². The van der Waals surface area contributed by atoms with Gasteiger partial charge in [-0.15, -0.1) is 0 Å². The Bertz CT molecular complexity index is 846. The first kappa shape index (κ1) is 23.1. The van der Waals surface area contributed by atoms with E-state index in [4.69, 9.17) is 10.5 Å². The lowest BCUT2D eigenvalue weighted by Gasteiger charge is -2.14. The predicted molar refractivity (Wildman–Crippen MR) is 119 cm³/mol. The summed E-state index contributed by atoms with van der Waals surface area (Å²) in [6, 6.07) is 16.3. The molecule has 6 nitrogen and oxygen atoms in total. The molecule has 1 amide bonds. The van der Waals surface area contributed by atoms with Crippen LogP contribution in [0.1, 0.15) is 37.8 Å². The van der Waals surface area contributed by atoms with Gasteiger partial charge < -0.3 is 10.5 Å². The number of guanidine groups is 1. The van der Waals surface area contributed by atoms with Gasteiger partial charge in [0.1, 0.15) is 11.8 Å². The van der Waals surface area contributed by atoms with Crippen LogP contribution < -0.4 is 15.8 Å². The number of aliphatic imine (C=N–C) groups is 1. The second kappa shape index (κ2) is 11.8. The summed E-state index contributed by atoms with van der Waals surface area (Å²) in [6.07, 6.45) is 1.84. The Morgan fingerprint density at radius 1 is 1.03 bits per heavy atom. The fourth-order valence-corrected chi connectivity index (χ4v) is 2.98. The van der Waals surface area contributed by atoms with E-state index >= 15 is 0 Å². The van der Waals surface area contributed by atoms with Gasteiger partial charge in [0.2, 0.25) is 5.91 Å². The van der Waals surface area contributed by atoms with Crippen molar-refractivity contribution in [1.29, 1.82) is 0 Å². The van der Waals surface area contributed by atoms with Crippen molar-refractivity contribution in [3.05, 3.63) is 65.7 Å². The number of carbonyl (C=O) groups is 2. The van der Waals surface area contributed by atoms with Gasteiger partial charge in [0.05, 0.1) is 13.5 Å². The first-order valence-corrected chi connectivity index (χ1v) is 10.2. The molecule has 2 rings (SSSR count). The number of ether oxygens (including phenoxy) is 1. The number of nitrogens with two attached hydrogens (primary N) is 1. The van der Waals surface area contributed by atoms with Gasteiger partial charge in [0.15, 0.2) is 11.7 Å². The van der Waals surface area contributed by atoms with Crippen molar-refractivity contribution >= 4 is 17.6 Å². The zero-order valence-corrected chi connectivity index (χ0v) is 17.9. The summed E-state index contributed by atoms with van der Waals surface area (Å²) in [7, 11) is 1.59. The van der Waals surface area contributed by atoms with E-state index in [-0.39, 0.29) is 24.1 Å². The van der Waals surface area contributed by atoms with E-state index in [0.29, 0.717) is 18.8 Å². The number of nitrogens with zero attached hydrogens (tertiary/aromatic N) is 1. The third-order valence-corrected chi connectivity index (χ3v) is 4.70. The van der Waals surface area contributed by atoms with Crippen molar-refractivity contribution in [2.45, 2.75) is 45.6 Å². The third kappa shape index (κ3) is 8.07. The number of nitrogens with one attached hydrogen (secondary N) is 1. The molecule has 0 radical (unpaired) electrons. The van der Waals surface area contributed by atoms with Crippen LogP contribution in [0.5, 0.6) is 5.75 Å². The zero-order valence-electron chi connectivity index (χ0n) is 17.9. The molecule has 0 aliphatic rings. The Labute approximate surface area is 178 Å². The number of hydrogen-bond acceptors (Lipinski definition) is 4. The molecule has 0 aliphatic carbocycles. The van der Waals surface area contributed by atoms with Crippen LogP contribution in [-0.2, 0) is 22.4 Å². The Balaban J connectivity index is 2.04. The van der Waals surface area contributed by atoms with Gasteiger partial charge in [-0.05, 0) is 35.6 Å². The quantitative estimate of drug-likeness (QED) is 0.465. The van der Waals surface area contributed by atoms with Crippen molar-refractivity contribution in [3.63, 3.8) is 0 Å². The van der Waals surface area contributed by atoms with Crippen molar-refractivity contribution < 1.29 is 14.3 Å². The van der Waals surface area contributed by atoms with Crippen LogP contribution in [0.15, 0.2) is 59.6 Å². The fraction of sp³-hybridized carbons (Fsp3) is 0.375. The Hall–Kier alpha value is -3.15. The fourth-order valence-electron chi connectivity index (χ4n) is 2.98. The minimum Gasteiger partial charge on any atom is -0.497 e. The SMILES string of the molecule is COc1ccc(CC(=O)NC(N)=N[C@H](Cc2ccccc2)C(=O)CCC(C)C)cc1. The van der Waals surface area contributed by atoms with E-state index in [2.05, 4.69) is 24.2 Å². The van der Waals surface area contributed by atoms with Crippen molar-refractivity contribution in [2.75, 3.05) is 7.11 Å². The molecule has 3 N–H and O–H groups in total. The molecule has 0 heterocycles. The number of hydrogen-bond donors (Lipinski definition) is 2. The molecule has 0 aliphatic heterocycles. The minimum absolute atomic E-state index is 0.0277. The summed E-state index contributed by atoms with van der Waals surface area (Å²) < 4.78 is 5.12. The highest BCUT2D eigenvalue weighted by Crippen LogP contribution is 2.13. The van der Waals surface area contributed by atoms with Gasteiger partial charge in [0, 0.05) is 12.8 Å². The van der Waals surface area contributed by atoms with Crippen LogP contribution in [0, 0.1) is 5.92 Å². The molecule has 0 saturated heterocycles. The van der Waals surface area contributed by atoms with E-state index < -0.39 is 6.04 Å². The van der Waals surface area contributed by atoms with Crippen LogP contribution in [0.25, 0.3) is 0 Å². The molecular formula is C24H31N3O3. The van der Waals surface area contributed by atoms with Gasteiger partial charge in [0.25, 0.3) is 0 Å². The highest BCUT2D eigenvalue weighted by atomic mass is 16.5. The number of rotatable bonds is 10. The number of amides is 1. The number of ketones is 1. The van der Waals surface area contributed by atoms with E-state index in [1.54, 1.807) is 19.2 Å². The highest BCUT2D eigenvalue weighted by molar-refractivity contribution is 5.98. The maximum absolute atomic E-state index is 12.7. The van der Waals surface area contributed by atoms with Gasteiger partial charge in [-0.2, -0.15) is 0 Å². The molecule has 0 bridgehead atoms. The number of carbonyl (C=O) groups excluding carboxylic acids is 2. The van der Waals surface area contributed by atoms with Crippen molar-refractivity contribution in [1.82, 2.24) is 5.32 Å². The summed E-state index contributed by atoms with van der Waals surface area (Å²) in [5.74, 6) is 0.863. The molecule has 30 heavy (non-hydrogen) atoms. The van der Waals surface area contributed by atoms with Gasteiger partial charge >= 0.3 is 0 Å². The monoisotopic (exact) mass is 409 g/mol. The second-order valence-corrected chi connectivity index (χ2v) is 7.69. The summed E-state index contributed by atoms with van der Waals surface area (Å²) >= 11 is 0. The zero-order chi connectivity index (χ0) is 21.9. The number of methoxy groups -OCH3 is 1. The van der Waals surface area contributed by atoms with Crippen LogP contribution in [0.2, 0.25) is 0 Å². The smallest absolute Gasteiger partial charge is 0.231 e. The van der Waals surface area contributed by atoms with E-state index in [1.807, 2.05) is 42.5 Å². The predicted octanol–water partition coefficient (Wildman–Crippen LogP) is 3.29. The van der Waals surface area contributed by atoms with E-state index in [0.717, 1.165) is 23.3 Å². The first-order valence-electron chi connectivity index (χ1n) is 10.2. The number of Topliss-reactive ketones (excluding diaryl/α,β-unsaturated/α-hetero) is 1. The van der Waals surface area contributed by atoms with E-state index in [9.17, 15) is 9.59 Å². The number of benzene rings is 2. The molecule has 0 unspecified atom stereocenters. The van der Waals surface area contributed by atoms with Crippen LogP contribution >= 0.6 is 0 Å². The summed E-state index contributed by atoms with van der Waals surface area (Å²) in [6.45, 7) is 4.16. The third-order valence-electron chi connectivity index (χ3n) is 4.70. The Kier molecular flexibility index (Phi) is 9.06. The second-order valence-electron chi connectivity index (χ2n) is 7.69. The molecular weight excluding hydrogens is 378 g/mol. The Morgan fingerprint density at radius 3 is 2.30 bits per heavy atom. The molecule has 2 aromatic carbocycles. The summed E-state index contributed by atoms with van der Waals surface area (Å²) in [4.78, 5) is 29.4. The van der Waals surface area contributed by atoms with Crippen molar-refractivity contribution in [2.24, 2.45) is 16.6 Å². The largest absolute Gasteiger partial charge is 0.497 e. The molecule has 0 spiro atoms. The molecule has 0 saturated carbocycles. The van der Waals surface area contributed by atoms with Crippen LogP contribution in [-0.4, -0.2) is 30.8 Å². The summed E-state index contributed by atoms with van der Waals surface area (Å²) in [5, 5.41) is 2.60. The minimum atomic E-state index is -0.618. The lowest BCUT2D eigenvalue weighted by Crippen LogP contribution is -2.39.